The van der Waals surface area contributed by atoms with E-state index in [4.69, 9.17) is 4.74 Å². The van der Waals surface area contributed by atoms with Crippen molar-refractivity contribution in [3.63, 3.8) is 0 Å². The van der Waals surface area contributed by atoms with Crippen molar-refractivity contribution in [2.45, 2.75) is 64.7 Å². The lowest BCUT2D eigenvalue weighted by Crippen LogP contribution is -2.48. The van der Waals surface area contributed by atoms with E-state index in [0.29, 0.717) is 6.42 Å². The second-order valence-corrected chi connectivity index (χ2v) is 5.36. The fourth-order valence-electron chi connectivity index (χ4n) is 2.33. The molecule has 0 aromatic heterocycles. The van der Waals surface area contributed by atoms with Crippen LogP contribution in [0.4, 0.5) is 0 Å². The Balaban J connectivity index is 1.87. The summed E-state index contributed by atoms with van der Waals surface area (Å²) in [7, 11) is 0. The fourth-order valence-corrected chi connectivity index (χ4v) is 2.33. The molecule has 1 aliphatic rings. The zero-order chi connectivity index (χ0) is 13.8. The number of rotatable bonds is 10. The molecule has 0 aliphatic carbocycles. The number of hydrogen-bond acceptors (Lipinski definition) is 3. The number of unbranched alkanes of at least 4 members (excludes halogenated alkanes) is 7. The van der Waals surface area contributed by atoms with Crippen LogP contribution in [0, 0.1) is 0 Å². The predicted molar refractivity (Wildman–Crippen MR) is 77.8 cm³/mol. The van der Waals surface area contributed by atoms with Crippen molar-refractivity contribution in [2.24, 2.45) is 0 Å². The van der Waals surface area contributed by atoms with Crippen molar-refractivity contribution >= 4 is 5.91 Å². The summed E-state index contributed by atoms with van der Waals surface area (Å²) in [4.78, 5) is 11.7. The van der Waals surface area contributed by atoms with Crippen molar-refractivity contribution in [2.75, 3.05) is 26.3 Å². The van der Waals surface area contributed by atoms with E-state index in [-0.39, 0.29) is 5.91 Å². The largest absolute Gasteiger partial charge is 0.379 e. The van der Waals surface area contributed by atoms with Gasteiger partial charge in [0.1, 0.15) is 0 Å². The lowest BCUT2D eigenvalue weighted by atomic mass is 10.1. The van der Waals surface area contributed by atoms with Gasteiger partial charge in [-0.15, -0.1) is 0 Å². The Morgan fingerprint density at radius 2 is 1.58 bits per heavy atom. The molecule has 4 nitrogen and oxygen atoms in total. The molecular weight excluding hydrogens is 240 g/mol. The third-order valence-electron chi connectivity index (χ3n) is 3.55. The van der Waals surface area contributed by atoms with Gasteiger partial charge in [-0.25, -0.2) is 5.01 Å². The van der Waals surface area contributed by atoms with Gasteiger partial charge in [0.15, 0.2) is 0 Å². The van der Waals surface area contributed by atoms with Crippen LogP contribution < -0.4 is 5.43 Å². The maximum Gasteiger partial charge on any atom is 0.234 e. The first-order chi connectivity index (χ1) is 9.33. The first-order valence-electron chi connectivity index (χ1n) is 7.95. The molecule has 0 saturated carbocycles. The van der Waals surface area contributed by atoms with E-state index in [1.807, 2.05) is 5.01 Å². The van der Waals surface area contributed by atoms with E-state index >= 15 is 0 Å². The van der Waals surface area contributed by atoms with Crippen molar-refractivity contribution in [3.05, 3.63) is 0 Å². The van der Waals surface area contributed by atoms with Gasteiger partial charge in [0, 0.05) is 19.5 Å². The summed E-state index contributed by atoms with van der Waals surface area (Å²) in [5.74, 6) is 0.160. The molecule has 112 valence electrons. The molecular formula is C15H30N2O2. The van der Waals surface area contributed by atoms with Gasteiger partial charge in [0.2, 0.25) is 5.91 Å². The lowest BCUT2D eigenvalue weighted by Gasteiger charge is -2.26. The van der Waals surface area contributed by atoms with Crippen LogP contribution in [0.5, 0.6) is 0 Å². The van der Waals surface area contributed by atoms with Crippen LogP contribution in [0.15, 0.2) is 0 Å². The van der Waals surface area contributed by atoms with E-state index in [1.165, 1.54) is 44.9 Å². The maximum atomic E-state index is 11.7. The zero-order valence-corrected chi connectivity index (χ0v) is 12.5. The highest BCUT2D eigenvalue weighted by molar-refractivity contribution is 5.75. The van der Waals surface area contributed by atoms with Crippen LogP contribution in [-0.2, 0) is 9.53 Å². The Labute approximate surface area is 117 Å². The van der Waals surface area contributed by atoms with Gasteiger partial charge in [-0.1, -0.05) is 51.9 Å². The molecule has 1 fully saturated rings. The molecule has 4 heteroatoms. The van der Waals surface area contributed by atoms with E-state index < -0.39 is 0 Å². The monoisotopic (exact) mass is 270 g/mol. The average molecular weight is 270 g/mol. The Morgan fingerprint density at radius 1 is 1.00 bits per heavy atom. The van der Waals surface area contributed by atoms with E-state index in [0.717, 1.165) is 32.7 Å². The summed E-state index contributed by atoms with van der Waals surface area (Å²) in [6.45, 7) is 5.30. The van der Waals surface area contributed by atoms with E-state index in [2.05, 4.69) is 12.3 Å². The smallest absolute Gasteiger partial charge is 0.234 e. The first-order valence-corrected chi connectivity index (χ1v) is 7.95. The van der Waals surface area contributed by atoms with E-state index in [1.54, 1.807) is 0 Å². The number of hydrogen-bond donors (Lipinski definition) is 1. The normalized spacial score (nSPS) is 16.5. The standard InChI is InChI=1S/C15H30N2O2/c1-2-3-4-5-6-7-8-9-10-15(18)16-17-11-13-19-14-12-17/h2-14H2,1H3,(H,16,18). The molecule has 1 N–H and O–H groups in total. The number of carbonyl (C=O) groups is 1. The highest BCUT2D eigenvalue weighted by Gasteiger charge is 2.12. The topological polar surface area (TPSA) is 41.6 Å². The molecule has 0 atom stereocenters. The summed E-state index contributed by atoms with van der Waals surface area (Å²) in [5.41, 5.74) is 2.95. The lowest BCUT2D eigenvalue weighted by molar-refractivity contribution is -0.128. The van der Waals surface area contributed by atoms with Gasteiger partial charge in [-0.3, -0.25) is 10.2 Å². The van der Waals surface area contributed by atoms with Gasteiger partial charge in [0.25, 0.3) is 0 Å². The molecule has 0 unspecified atom stereocenters. The molecule has 0 bridgehead atoms. The number of carbonyl (C=O) groups excluding carboxylic acids is 1. The molecule has 1 saturated heterocycles. The van der Waals surface area contributed by atoms with Crippen molar-refractivity contribution < 1.29 is 9.53 Å². The van der Waals surface area contributed by atoms with Crippen LogP contribution in [0.1, 0.15) is 64.7 Å². The zero-order valence-electron chi connectivity index (χ0n) is 12.5. The maximum absolute atomic E-state index is 11.7. The molecule has 0 aromatic carbocycles. The van der Waals surface area contributed by atoms with Crippen molar-refractivity contribution in [3.8, 4) is 0 Å². The van der Waals surface area contributed by atoms with Crippen LogP contribution in [-0.4, -0.2) is 37.2 Å². The number of morpholine rings is 1. The summed E-state index contributed by atoms with van der Waals surface area (Å²) in [6.07, 6.45) is 10.9. The third-order valence-corrected chi connectivity index (χ3v) is 3.55. The Morgan fingerprint density at radius 3 is 2.21 bits per heavy atom. The highest BCUT2D eigenvalue weighted by Crippen LogP contribution is 2.09. The van der Waals surface area contributed by atoms with Gasteiger partial charge in [0.05, 0.1) is 13.2 Å². The van der Waals surface area contributed by atoms with Crippen molar-refractivity contribution in [1.29, 1.82) is 0 Å². The Hall–Kier alpha value is -0.610. The highest BCUT2D eigenvalue weighted by atomic mass is 16.5. The molecule has 19 heavy (non-hydrogen) atoms. The number of ether oxygens (including phenoxy) is 1. The Bertz CT molecular complexity index is 228. The molecule has 1 amide bonds. The molecule has 1 aliphatic heterocycles. The molecule has 1 heterocycles. The SMILES string of the molecule is CCCCCCCCCCC(=O)NN1CCOCC1. The second kappa shape index (κ2) is 11.2. The third kappa shape index (κ3) is 9.00. The summed E-state index contributed by atoms with van der Waals surface area (Å²) < 4.78 is 5.24. The van der Waals surface area contributed by atoms with Crippen molar-refractivity contribution in [1.82, 2.24) is 10.4 Å². The van der Waals surface area contributed by atoms with Crippen LogP contribution in [0.3, 0.4) is 0 Å². The van der Waals surface area contributed by atoms with Crippen LogP contribution in [0.25, 0.3) is 0 Å². The minimum atomic E-state index is 0.160. The number of hydrazine groups is 1. The second-order valence-electron chi connectivity index (χ2n) is 5.36. The quantitative estimate of drug-likeness (QED) is 0.621. The van der Waals surface area contributed by atoms with Gasteiger partial charge < -0.3 is 4.74 Å². The fraction of sp³-hybridized carbons (Fsp3) is 0.933. The number of nitrogens with one attached hydrogen (secondary N) is 1. The summed E-state index contributed by atoms with van der Waals surface area (Å²) >= 11 is 0. The van der Waals surface area contributed by atoms with Gasteiger partial charge in [-0.2, -0.15) is 0 Å². The molecule has 0 radical (unpaired) electrons. The average Bonchev–Trinajstić information content (AvgIpc) is 2.43. The Kier molecular flexibility index (Phi) is 9.72. The molecule has 1 rings (SSSR count). The predicted octanol–water partition coefficient (Wildman–Crippen LogP) is 2.88. The minimum absolute atomic E-state index is 0.160. The van der Waals surface area contributed by atoms with E-state index in [9.17, 15) is 4.79 Å². The number of amides is 1. The van der Waals surface area contributed by atoms with Gasteiger partial charge in [-0.05, 0) is 6.42 Å². The van der Waals surface area contributed by atoms with Gasteiger partial charge >= 0.3 is 0 Å². The van der Waals surface area contributed by atoms with Crippen LogP contribution in [0.2, 0.25) is 0 Å². The van der Waals surface area contributed by atoms with Crippen LogP contribution >= 0.6 is 0 Å². The summed E-state index contributed by atoms with van der Waals surface area (Å²) in [6, 6.07) is 0. The summed E-state index contributed by atoms with van der Waals surface area (Å²) in [5, 5.41) is 1.97. The number of nitrogens with zero attached hydrogens (tertiary/aromatic N) is 1. The molecule has 0 spiro atoms. The minimum Gasteiger partial charge on any atom is -0.379 e. The first kappa shape index (κ1) is 16.4. The molecule has 0 aromatic rings.